The molecule has 2 aromatic carbocycles. The molecule has 0 saturated carbocycles. The second-order valence-corrected chi connectivity index (χ2v) is 4.84. The highest BCUT2D eigenvalue weighted by atomic mass is 35.5. The minimum absolute atomic E-state index is 0.254. The van der Waals surface area contributed by atoms with Gasteiger partial charge in [0.05, 0.1) is 23.4 Å². The van der Waals surface area contributed by atoms with Crippen LogP contribution in [-0.2, 0) is 0 Å². The van der Waals surface area contributed by atoms with Crippen molar-refractivity contribution in [3.05, 3.63) is 58.6 Å². The summed E-state index contributed by atoms with van der Waals surface area (Å²) in [7, 11) is 3.02. The highest BCUT2D eigenvalue weighted by Crippen LogP contribution is 2.27. The van der Waals surface area contributed by atoms with E-state index in [-0.39, 0.29) is 11.8 Å². The Kier molecular flexibility index (Phi) is 5.01. The van der Waals surface area contributed by atoms with Crippen LogP contribution in [0, 0.1) is 0 Å². The lowest BCUT2D eigenvalue weighted by molar-refractivity contribution is 0.0961. The lowest BCUT2D eigenvalue weighted by Gasteiger charge is -2.12. The monoisotopic (exact) mass is 318 g/mol. The third-order valence-electron chi connectivity index (χ3n) is 3.06. The van der Waals surface area contributed by atoms with Crippen molar-refractivity contribution in [1.29, 1.82) is 0 Å². The minimum atomic E-state index is -0.377. The average molecular weight is 319 g/mol. The predicted octanol–water partition coefficient (Wildman–Crippen LogP) is 2.96. The largest absolute Gasteiger partial charge is 0.495 e. The van der Waals surface area contributed by atoms with Crippen LogP contribution in [0.25, 0.3) is 0 Å². The first-order valence-corrected chi connectivity index (χ1v) is 6.90. The molecule has 2 rings (SSSR count). The molecule has 114 valence electrons. The van der Waals surface area contributed by atoms with E-state index in [2.05, 4.69) is 10.6 Å². The number of carbonyl (C=O) groups excluding carboxylic acids is 2. The molecule has 0 saturated heterocycles. The summed E-state index contributed by atoms with van der Waals surface area (Å²) in [5.74, 6) is -0.179. The average Bonchev–Trinajstić information content (AvgIpc) is 2.54. The summed E-state index contributed by atoms with van der Waals surface area (Å²) in [5.41, 5.74) is 1.16. The van der Waals surface area contributed by atoms with E-state index >= 15 is 0 Å². The number of amides is 2. The Morgan fingerprint density at radius 1 is 1.09 bits per heavy atom. The van der Waals surface area contributed by atoms with Gasteiger partial charge in [-0.05, 0) is 30.3 Å². The molecule has 2 N–H and O–H groups in total. The Bertz CT molecular complexity index is 716. The molecule has 22 heavy (non-hydrogen) atoms. The molecular weight excluding hydrogens is 304 g/mol. The number of ether oxygens (including phenoxy) is 1. The Balaban J connectivity index is 2.33. The van der Waals surface area contributed by atoms with Gasteiger partial charge in [-0.25, -0.2) is 0 Å². The molecule has 0 radical (unpaired) electrons. The van der Waals surface area contributed by atoms with Gasteiger partial charge >= 0.3 is 0 Å². The number of hydrogen-bond acceptors (Lipinski definition) is 3. The maximum Gasteiger partial charge on any atom is 0.257 e. The van der Waals surface area contributed by atoms with Gasteiger partial charge in [-0.3, -0.25) is 9.59 Å². The molecule has 0 spiro atoms. The molecule has 0 fully saturated rings. The van der Waals surface area contributed by atoms with Crippen molar-refractivity contribution in [2.75, 3.05) is 19.5 Å². The number of anilines is 1. The quantitative estimate of drug-likeness (QED) is 0.910. The molecule has 5 nitrogen and oxygen atoms in total. The van der Waals surface area contributed by atoms with Gasteiger partial charge in [0.15, 0.2) is 0 Å². The zero-order valence-corrected chi connectivity index (χ0v) is 12.9. The van der Waals surface area contributed by atoms with E-state index < -0.39 is 0 Å². The second-order valence-electron chi connectivity index (χ2n) is 4.43. The molecule has 0 atom stereocenters. The molecule has 2 aromatic rings. The van der Waals surface area contributed by atoms with Crippen LogP contribution in [0.1, 0.15) is 20.7 Å². The predicted molar refractivity (Wildman–Crippen MR) is 85.8 cm³/mol. The van der Waals surface area contributed by atoms with Gasteiger partial charge in [-0.15, -0.1) is 0 Å². The fraction of sp³-hybridized carbons (Fsp3) is 0.125. The normalized spacial score (nSPS) is 9.95. The lowest BCUT2D eigenvalue weighted by atomic mass is 10.1. The molecule has 0 unspecified atom stereocenters. The van der Waals surface area contributed by atoms with E-state index in [9.17, 15) is 9.59 Å². The summed E-state index contributed by atoms with van der Waals surface area (Å²) in [6, 6.07) is 11.5. The van der Waals surface area contributed by atoms with Gasteiger partial charge in [0.1, 0.15) is 5.75 Å². The van der Waals surface area contributed by atoms with Gasteiger partial charge in [-0.1, -0.05) is 23.7 Å². The molecule has 0 aliphatic rings. The summed E-state index contributed by atoms with van der Waals surface area (Å²) in [4.78, 5) is 24.0. The highest BCUT2D eigenvalue weighted by Gasteiger charge is 2.14. The van der Waals surface area contributed by atoms with E-state index in [4.69, 9.17) is 16.3 Å². The van der Waals surface area contributed by atoms with Crippen molar-refractivity contribution in [3.8, 4) is 5.75 Å². The lowest BCUT2D eigenvalue weighted by Crippen LogP contribution is -2.19. The van der Waals surface area contributed by atoms with Crippen LogP contribution in [0.2, 0.25) is 5.02 Å². The van der Waals surface area contributed by atoms with E-state index in [0.717, 1.165) is 0 Å². The summed E-state index contributed by atoms with van der Waals surface area (Å²) >= 11 is 6.01. The first kappa shape index (κ1) is 15.9. The zero-order valence-electron chi connectivity index (χ0n) is 12.1. The van der Waals surface area contributed by atoms with Crippen LogP contribution in [-0.4, -0.2) is 26.0 Å². The number of halogens is 1. The second kappa shape index (κ2) is 6.95. The number of nitrogens with one attached hydrogen (secondary N) is 2. The molecule has 0 aromatic heterocycles. The fourth-order valence-electron chi connectivity index (χ4n) is 1.93. The number of benzene rings is 2. The van der Waals surface area contributed by atoms with Crippen molar-refractivity contribution in [2.45, 2.75) is 0 Å². The maximum absolute atomic E-state index is 12.3. The molecule has 2 amide bonds. The molecule has 0 heterocycles. The van der Waals surface area contributed by atoms with Crippen molar-refractivity contribution in [2.24, 2.45) is 0 Å². The Labute approximate surface area is 133 Å². The third kappa shape index (κ3) is 3.38. The molecule has 0 bridgehead atoms. The fourth-order valence-corrected chi connectivity index (χ4v) is 2.15. The van der Waals surface area contributed by atoms with E-state index in [0.29, 0.717) is 27.6 Å². The van der Waals surface area contributed by atoms with Gasteiger partial charge in [0.2, 0.25) is 0 Å². The van der Waals surface area contributed by atoms with Crippen LogP contribution < -0.4 is 15.4 Å². The van der Waals surface area contributed by atoms with E-state index in [1.54, 1.807) is 42.5 Å². The number of rotatable bonds is 4. The number of hydrogen-bond donors (Lipinski definition) is 2. The first-order chi connectivity index (χ1) is 10.6. The molecule has 0 aliphatic carbocycles. The Hall–Kier alpha value is -2.53. The summed E-state index contributed by atoms with van der Waals surface area (Å²) in [6.07, 6.45) is 0. The number of methoxy groups -OCH3 is 1. The van der Waals surface area contributed by atoms with E-state index in [1.165, 1.54) is 14.2 Å². The molecule has 0 aliphatic heterocycles. The summed E-state index contributed by atoms with van der Waals surface area (Å²) in [5, 5.41) is 5.58. The third-order valence-corrected chi connectivity index (χ3v) is 3.38. The molecule has 6 heteroatoms. The van der Waals surface area contributed by atoms with Crippen LogP contribution in [0.3, 0.4) is 0 Å². The first-order valence-electron chi connectivity index (χ1n) is 6.52. The van der Waals surface area contributed by atoms with Crippen LogP contribution in [0.15, 0.2) is 42.5 Å². The Morgan fingerprint density at radius 2 is 1.82 bits per heavy atom. The van der Waals surface area contributed by atoms with Crippen molar-refractivity contribution in [1.82, 2.24) is 5.32 Å². The van der Waals surface area contributed by atoms with Gasteiger partial charge < -0.3 is 15.4 Å². The van der Waals surface area contributed by atoms with Gasteiger partial charge in [-0.2, -0.15) is 0 Å². The standard InChI is InChI=1S/C16H15ClN2O3/c1-18-15(20)10-7-8-14(22-2)13(9-10)19-16(21)11-5-3-4-6-12(11)17/h3-9H,1-2H3,(H,18,20)(H,19,21). The SMILES string of the molecule is CNC(=O)c1ccc(OC)c(NC(=O)c2ccccc2Cl)c1. The van der Waals surface area contributed by atoms with Crippen LogP contribution in [0.4, 0.5) is 5.69 Å². The van der Waals surface area contributed by atoms with Crippen molar-refractivity contribution >= 4 is 29.1 Å². The minimum Gasteiger partial charge on any atom is -0.495 e. The topological polar surface area (TPSA) is 67.4 Å². The van der Waals surface area contributed by atoms with E-state index in [1.807, 2.05) is 0 Å². The van der Waals surface area contributed by atoms with Crippen LogP contribution >= 0.6 is 11.6 Å². The smallest absolute Gasteiger partial charge is 0.257 e. The zero-order chi connectivity index (χ0) is 16.1. The van der Waals surface area contributed by atoms with Crippen molar-refractivity contribution < 1.29 is 14.3 Å². The molecular formula is C16H15ClN2O3. The van der Waals surface area contributed by atoms with Crippen molar-refractivity contribution in [3.63, 3.8) is 0 Å². The number of carbonyl (C=O) groups is 2. The van der Waals surface area contributed by atoms with Gasteiger partial charge in [0.25, 0.3) is 11.8 Å². The Morgan fingerprint density at radius 3 is 2.45 bits per heavy atom. The highest BCUT2D eigenvalue weighted by molar-refractivity contribution is 6.34. The summed E-state index contributed by atoms with van der Waals surface area (Å²) < 4.78 is 5.20. The van der Waals surface area contributed by atoms with Crippen LogP contribution in [0.5, 0.6) is 5.75 Å². The summed E-state index contributed by atoms with van der Waals surface area (Å²) in [6.45, 7) is 0. The van der Waals surface area contributed by atoms with Gasteiger partial charge in [0, 0.05) is 12.6 Å². The maximum atomic E-state index is 12.3.